The molecule has 0 aliphatic carbocycles. The molecule has 1 aliphatic heterocycles. The van der Waals surface area contributed by atoms with E-state index in [-0.39, 0.29) is 12.0 Å². The van der Waals surface area contributed by atoms with Crippen LogP contribution < -0.4 is 5.43 Å². The quantitative estimate of drug-likeness (QED) is 0.823. The van der Waals surface area contributed by atoms with Crippen LogP contribution in [-0.4, -0.2) is 22.6 Å². The number of rotatable bonds is 3. The Balaban J connectivity index is 2.18. The summed E-state index contributed by atoms with van der Waals surface area (Å²) in [7, 11) is 0. The second kappa shape index (κ2) is 6.27. The van der Waals surface area contributed by atoms with Crippen LogP contribution in [0, 0.1) is 0 Å². The lowest BCUT2D eigenvalue weighted by atomic mass is 9.92. The van der Waals surface area contributed by atoms with Crippen LogP contribution in [0.3, 0.4) is 0 Å². The lowest BCUT2D eigenvalue weighted by Gasteiger charge is -2.38. The maximum Gasteiger partial charge on any atom is 0.409 e. The maximum absolute atomic E-state index is 14.1. The topological polar surface area (TPSA) is 32.3 Å². The van der Waals surface area contributed by atoms with Crippen LogP contribution >= 0.6 is 0 Å². The molecule has 1 fully saturated rings. The van der Waals surface area contributed by atoms with Crippen molar-refractivity contribution >= 4 is 16.7 Å². The highest BCUT2D eigenvalue weighted by Gasteiger charge is 2.53. The molecule has 3 nitrogen and oxygen atoms in total. The van der Waals surface area contributed by atoms with Crippen molar-refractivity contribution in [1.82, 2.24) is 10.4 Å². The highest BCUT2D eigenvalue weighted by Crippen LogP contribution is 2.44. The van der Waals surface area contributed by atoms with E-state index in [2.05, 4.69) is 5.43 Å². The third-order valence-electron chi connectivity index (χ3n) is 4.96. The first-order valence-electron chi connectivity index (χ1n) is 8.69. The number of fused-ring (bicyclic) bond motifs is 1. The van der Waals surface area contributed by atoms with Crippen LogP contribution in [0.4, 0.5) is 13.2 Å². The molecule has 2 aromatic carbocycles. The summed E-state index contributed by atoms with van der Waals surface area (Å²) < 4.78 is 42.2. The molecule has 1 N–H and O–H groups in total. The Morgan fingerprint density at radius 3 is 2.38 bits per heavy atom. The van der Waals surface area contributed by atoms with Crippen LogP contribution in [0.15, 0.2) is 36.4 Å². The summed E-state index contributed by atoms with van der Waals surface area (Å²) >= 11 is 0. The lowest BCUT2D eigenvalue weighted by molar-refractivity contribution is -0.203. The molecule has 0 bridgehead atoms. The summed E-state index contributed by atoms with van der Waals surface area (Å²) in [6.45, 7) is 7.38. The monoisotopic (exact) mass is 364 g/mol. The van der Waals surface area contributed by atoms with Gasteiger partial charge in [0.15, 0.2) is 6.04 Å². The number of hydrogen-bond donors (Lipinski definition) is 1. The van der Waals surface area contributed by atoms with Gasteiger partial charge in [-0.2, -0.15) is 18.2 Å². The van der Waals surface area contributed by atoms with Gasteiger partial charge in [0.1, 0.15) is 0 Å². The Hall–Kier alpha value is -2.08. The first-order chi connectivity index (χ1) is 12.0. The van der Waals surface area contributed by atoms with E-state index in [9.17, 15) is 18.0 Å². The van der Waals surface area contributed by atoms with Gasteiger partial charge in [0.2, 0.25) is 5.91 Å². The summed E-state index contributed by atoms with van der Waals surface area (Å²) in [5.74, 6) is -0.107. The van der Waals surface area contributed by atoms with Gasteiger partial charge >= 0.3 is 6.18 Å². The number of halogens is 3. The Morgan fingerprint density at radius 1 is 1.15 bits per heavy atom. The fourth-order valence-corrected chi connectivity index (χ4v) is 3.60. The maximum atomic E-state index is 14.1. The smallest absolute Gasteiger partial charge is 0.287 e. The van der Waals surface area contributed by atoms with Gasteiger partial charge in [0.25, 0.3) is 0 Å². The minimum atomic E-state index is -4.53. The Labute approximate surface area is 151 Å². The molecule has 1 aliphatic rings. The predicted octanol–water partition coefficient (Wildman–Crippen LogP) is 5.08. The number of hydrazine groups is 1. The van der Waals surface area contributed by atoms with Gasteiger partial charge < -0.3 is 0 Å². The van der Waals surface area contributed by atoms with Crippen molar-refractivity contribution in [3.63, 3.8) is 0 Å². The summed E-state index contributed by atoms with van der Waals surface area (Å²) in [4.78, 5) is 11.8. The van der Waals surface area contributed by atoms with E-state index < -0.39 is 23.7 Å². The van der Waals surface area contributed by atoms with Crippen LogP contribution in [0.25, 0.3) is 10.8 Å². The first-order valence-corrected chi connectivity index (χ1v) is 8.69. The van der Waals surface area contributed by atoms with Gasteiger partial charge in [-0.1, -0.05) is 50.2 Å². The number of nitrogens with zero attached hydrogens (tertiary/aromatic N) is 1. The van der Waals surface area contributed by atoms with Gasteiger partial charge in [0.05, 0.1) is 0 Å². The number of nitrogens with one attached hydrogen (secondary N) is 1. The highest BCUT2D eigenvalue weighted by atomic mass is 19.4. The molecule has 0 aromatic heterocycles. The van der Waals surface area contributed by atoms with Crippen molar-refractivity contribution in [2.75, 3.05) is 0 Å². The molecular weight excluding hydrogens is 341 g/mol. The molecule has 1 atom stereocenters. The molecule has 1 heterocycles. The lowest BCUT2D eigenvalue weighted by Crippen LogP contribution is -2.51. The van der Waals surface area contributed by atoms with Crippen LogP contribution in [0.1, 0.15) is 57.2 Å². The number of amides is 1. The van der Waals surface area contributed by atoms with Gasteiger partial charge in [-0.05, 0) is 41.7 Å². The first kappa shape index (κ1) is 18.7. The predicted molar refractivity (Wildman–Crippen MR) is 95.5 cm³/mol. The second-order valence-corrected chi connectivity index (χ2v) is 7.82. The van der Waals surface area contributed by atoms with Crippen LogP contribution in [-0.2, 0) is 4.79 Å². The molecule has 0 radical (unpaired) electrons. The normalized spacial score (nSPS) is 19.2. The molecule has 0 spiro atoms. The summed E-state index contributed by atoms with van der Waals surface area (Å²) in [6.07, 6.45) is -4.50. The summed E-state index contributed by atoms with van der Waals surface area (Å²) in [5.41, 5.74) is 2.71. The zero-order valence-electron chi connectivity index (χ0n) is 15.3. The fraction of sp³-hybridized carbons (Fsp3) is 0.450. The van der Waals surface area contributed by atoms with Crippen molar-refractivity contribution < 1.29 is 18.0 Å². The zero-order chi connectivity index (χ0) is 19.3. The van der Waals surface area contributed by atoms with E-state index in [1.807, 2.05) is 32.0 Å². The van der Waals surface area contributed by atoms with E-state index in [0.29, 0.717) is 11.3 Å². The fourth-order valence-electron chi connectivity index (χ4n) is 3.60. The molecule has 0 unspecified atom stereocenters. The third kappa shape index (κ3) is 3.30. The SMILES string of the molecule is CC(C)c1ccc2c([C@H](N3NC(=O)CC3(C)C)C(F)(F)F)cccc2c1. The highest BCUT2D eigenvalue weighted by molar-refractivity contribution is 5.87. The number of hydrogen-bond acceptors (Lipinski definition) is 2. The number of benzene rings is 2. The van der Waals surface area contributed by atoms with E-state index >= 15 is 0 Å². The molecule has 140 valence electrons. The average molecular weight is 364 g/mol. The summed E-state index contributed by atoms with van der Waals surface area (Å²) in [5, 5.41) is 2.38. The standard InChI is InChI=1S/C20H23F3N2O/c1-12(2)13-8-9-15-14(10-13)6-5-7-16(15)18(20(21,22)23)25-19(3,4)11-17(26)24-25/h5-10,12,18H,11H2,1-4H3,(H,24,26)/t18-/m0/s1. The van der Waals surface area contributed by atoms with Crippen LogP contribution in [0.5, 0.6) is 0 Å². The Bertz CT molecular complexity index is 843. The van der Waals surface area contributed by atoms with Crippen molar-refractivity contribution in [2.45, 2.75) is 57.8 Å². The summed E-state index contributed by atoms with van der Waals surface area (Å²) in [6, 6.07) is 8.62. The van der Waals surface area contributed by atoms with Gasteiger partial charge in [-0.15, -0.1) is 0 Å². The molecule has 2 aromatic rings. The van der Waals surface area contributed by atoms with E-state index in [4.69, 9.17) is 0 Å². The number of alkyl halides is 3. The number of carbonyl (C=O) groups excluding carboxylic acids is 1. The minimum Gasteiger partial charge on any atom is -0.287 e. The molecule has 1 amide bonds. The van der Waals surface area contributed by atoms with Crippen LogP contribution in [0.2, 0.25) is 0 Å². The molecule has 3 rings (SSSR count). The molecule has 0 saturated carbocycles. The van der Waals surface area contributed by atoms with Crippen molar-refractivity contribution in [2.24, 2.45) is 0 Å². The van der Waals surface area contributed by atoms with Crippen molar-refractivity contribution in [1.29, 1.82) is 0 Å². The molecule has 26 heavy (non-hydrogen) atoms. The molecule has 1 saturated heterocycles. The van der Waals surface area contributed by atoms with E-state index in [0.717, 1.165) is 16.0 Å². The minimum absolute atomic E-state index is 0.0296. The van der Waals surface area contributed by atoms with Gasteiger partial charge in [-0.25, -0.2) is 0 Å². The Kier molecular flexibility index (Phi) is 4.51. The van der Waals surface area contributed by atoms with Gasteiger partial charge in [-0.3, -0.25) is 10.2 Å². The molecular formula is C20H23F3N2O. The van der Waals surface area contributed by atoms with E-state index in [1.165, 1.54) is 6.07 Å². The average Bonchev–Trinajstić information content (AvgIpc) is 2.78. The molecule has 6 heteroatoms. The third-order valence-corrected chi connectivity index (χ3v) is 4.96. The number of carbonyl (C=O) groups is 1. The Morgan fingerprint density at radius 2 is 1.85 bits per heavy atom. The van der Waals surface area contributed by atoms with Crippen molar-refractivity contribution in [3.8, 4) is 0 Å². The van der Waals surface area contributed by atoms with Gasteiger partial charge in [0, 0.05) is 12.0 Å². The second-order valence-electron chi connectivity index (χ2n) is 7.82. The van der Waals surface area contributed by atoms with E-state index in [1.54, 1.807) is 26.0 Å². The largest absolute Gasteiger partial charge is 0.409 e. The zero-order valence-corrected chi connectivity index (χ0v) is 15.3. The van der Waals surface area contributed by atoms with Crippen molar-refractivity contribution in [3.05, 3.63) is 47.5 Å².